The standard InChI is InChI=1S/C12H13N5O2/c1-4-8-10(7(3)18-16-8)11-13-12(19-17-11)9-5-6(2)14-15-9/h5H,4H2,1-3H3,(H,14,15). The van der Waals surface area contributed by atoms with E-state index < -0.39 is 0 Å². The SMILES string of the molecule is CCc1noc(C)c1-c1noc(-c2cc(C)[nH]n2)n1. The van der Waals surface area contributed by atoms with Crippen LogP contribution in [0.5, 0.6) is 0 Å². The fourth-order valence-corrected chi connectivity index (χ4v) is 1.90. The zero-order valence-corrected chi connectivity index (χ0v) is 10.9. The molecule has 3 aromatic rings. The van der Waals surface area contributed by atoms with Crippen LogP contribution in [0.4, 0.5) is 0 Å². The Kier molecular flexibility index (Phi) is 2.66. The summed E-state index contributed by atoms with van der Waals surface area (Å²) in [6, 6.07) is 1.85. The molecular formula is C12H13N5O2. The van der Waals surface area contributed by atoms with Crippen LogP contribution < -0.4 is 0 Å². The number of hydrogen-bond acceptors (Lipinski definition) is 6. The average Bonchev–Trinajstić information content (AvgIpc) is 3.07. The summed E-state index contributed by atoms with van der Waals surface area (Å²) in [6.45, 7) is 5.74. The van der Waals surface area contributed by atoms with E-state index in [1.54, 1.807) is 0 Å². The summed E-state index contributed by atoms with van der Waals surface area (Å²) in [4.78, 5) is 4.35. The van der Waals surface area contributed by atoms with Crippen LogP contribution in [0, 0.1) is 13.8 Å². The number of nitrogens with zero attached hydrogens (tertiary/aromatic N) is 4. The van der Waals surface area contributed by atoms with Crippen molar-refractivity contribution in [1.82, 2.24) is 25.5 Å². The lowest BCUT2D eigenvalue weighted by Crippen LogP contribution is -1.88. The number of rotatable bonds is 3. The molecule has 98 valence electrons. The van der Waals surface area contributed by atoms with Crippen molar-refractivity contribution in [3.8, 4) is 23.0 Å². The Morgan fingerprint density at radius 2 is 2.05 bits per heavy atom. The van der Waals surface area contributed by atoms with E-state index in [-0.39, 0.29) is 0 Å². The summed E-state index contributed by atoms with van der Waals surface area (Å²) < 4.78 is 10.4. The van der Waals surface area contributed by atoms with Gasteiger partial charge in [-0.3, -0.25) is 5.10 Å². The van der Waals surface area contributed by atoms with Crippen LogP contribution in [0.1, 0.15) is 24.1 Å². The van der Waals surface area contributed by atoms with Crippen molar-refractivity contribution in [2.45, 2.75) is 27.2 Å². The van der Waals surface area contributed by atoms with Crippen molar-refractivity contribution in [3.63, 3.8) is 0 Å². The Bertz CT molecular complexity index is 709. The van der Waals surface area contributed by atoms with E-state index in [9.17, 15) is 0 Å². The second-order valence-electron chi connectivity index (χ2n) is 4.27. The normalized spacial score (nSPS) is 11.1. The predicted octanol–water partition coefficient (Wildman–Crippen LogP) is 2.29. The van der Waals surface area contributed by atoms with E-state index in [2.05, 4.69) is 25.5 Å². The minimum atomic E-state index is 0.377. The van der Waals surface area contributed by atoms with E-state index in [0.717, 1.165) is 23.4 Å². The molecule has 0 atom stereocenters. The monoisotopic (exact) mass is 259 g/mol. The molecule has 3 heterocycles. The van der Waals surface area contributed by atoms with Gasteiger partial charge in [-0.15, -0.1) is 0 Å². The van der Waals surface area contributed by atoms with Crippen LogP contribution in [-0.2, 0) is 6.42 Å². The first kappa shape index (κ1) is 11.6. The maximum Gasteiger partial charge on any atom is 0.278 e. The lowest BCUT2D eigenvalue weighted by Gasteiger charge is -1.91. The smallest absolute Gasteiger partial charge is 0.278 e. The molecule has 0 saturated carbocycles. The number of aryl methyl sites for hydroxylation is 3. The molecule has 3 aromatic heterocycles. The summed E-state index contributed by atoms with van der Waals surface area (Å²) in [7, 11) is 0. The zero-order valence-electron chi connectivity index (χ0n) is 10.9. The number of H-pyrrole nitrogens is 1. The van der Waals surface area contributed by atoms with Gasteiger partial charge in [-0.25, -0.2) is 0 Å². The highest BCUT2D eigenvalue weighted by molar-refractivity contribution is 5.62. The van der Waals surface area contributed by atoms with Gasteiger partial charge in [0.2, 0.25) is 5.82 Å². The van der Waals surface area contributed by atoms with Crippen LogP contribution in [0.3, 0.4) is 0 Å². The average molecular weight is 259 g/mol. The van der Waals surface area contributed by atoms with Gasteiger partial charge in [-0.05, 0) is 26.3 Å². The fourth-order valence-electron chi connectivity index (χ4n) is 1.90. The third-order valence-electron chi connectivity index (χ3n) is 2.84. The number of aromatic amines is 1. The predicted molar refractivity (Wildman–Crippen MR) is 66.2 cm³/mol. The highest BCUT2D eigenvalue weighted by Gasteiger charge is 2.20. The molecule has 0 bridgehead atoms. The van der Waals surface area contributed by atoms with Crippen molar-refractivity contribution in [2.24, 2.45) is 0 Å². The molecule has 0 aliphatic heterocycles. The van der Waals surface area contributed by atoms with Crippen molar-refractivity contribution in [3.05, 3.63) is 23.2 Å². The number of hydrogen-bond donors (Lipinski definition) is 1. The molecule has 7 nitrogen and oxygen atoms in total. The van der Waals surface area contributed by atoms with E-state index in [1.165, 1.54) is 0 Å². The van der Waals surface area contributed by atoms with E-state index in [0.29, 0.717) is 23.2 Å². The Hall–Kier alpha value is -2.44. The first-order chi connectivity index (χ1) is 9.19. The van der Waals surface area contributed by atoms with Crippen molar-refractivity contribution in [1.29, 1.82) is 0 Å². The van der Waals surface area contributed by atoms with Gasteiger partial charge in [0.15, 0.2) is 5.69 Å². The van der Waals surface area contributed by atoms with Gasteiger partial charge in [0.25, 0.3) is 5.89 Å². The molecule has 0 fully saturated rings. The number of nitrogens with one attached hydrogen (secondary N) is 1. The van der Waals surface area contributed by atoms with Crippen LogP contribution in [0.25, 0.3) is 23.0 Å². The minimum Gasteiger partial charge on any atom is -0.361 e. The summed E-state index contributed by atoms with van der Waals surface area (Å²) in [6.07, 6.45) is 0.748. The van der Waals surface area contributed by atoms with Crippen molar-refractivity contribution < 1.29 is 9.05 Å². The molecule has 0 aliphatic rings. The lowest BCUT2D eigenvalue weighted by molar-refractivity contribution is 0.391. The Morgan fingerprint density at radius 1 is 1.21 bits per heavy atom. The second-order valence-corrected chi connectivity index (χ2v) is 4.27. The first-order valence-corrected chi connectivity index (χ1v) is 6.00. The molecule has 0 aromatic carbocycles. The molecule has 0 spiro atoms. The first-order valence-electron chi connectivity index (χ1n) is 6.00. The fraction of sp³-hybridized carbons (Fsp3) is 0.333. The van der Waals surface area contributed by atoms with Gasteiger partial charge in [0.05, 0.1) is 11.3 Å². The Labute approximate surface area is 109 Å². The van der Waals surface area contributed by atoms with E-state index in [4.69, 9.17) is 9.05 Å². The summed E-state index contributed by atoms with van der Waals surface area (Å²) in [5.74, 6) is 1.54. The third-order valence-corrected chi connectivity index (χ3v) is 2.84. The van der Waals surface area contributed by atoms with Gasteiger partial charge in [-0.2, -0.15) is 10.1 Å². The molecule has 1 N–H and O–H groups in total. The lowest BCUT2D eigenvalue weighted by atomic mass is 10.1. The van der Waals surface area contributed by atoms with Crippen LogP contribution in [0.2, 0.25) is 0 Å². The molecule has 3 rings (SSSR count). The van der Waals surface area contributed by atoms with Gasteiger partial charge >= 0.3 is 0 Å². The minimum absolute atomic E-state index is 0.377. The molecule has 0 aliphatic carbocycles. The summed E-state index contributed by atoms with van der Waals surface area (Å²) in [5, 5.41) is 14.9. The molecule has 0 radical (unpaired) electrons. The van der Waals surface area contributed by atoms with E-state index in [1.807, 2.05) is 26.8 Å². The molecule has 0 saturated heterocycles. The maximum absolute atomic E-state index is 5.23. The second kappa shape index (κ2) is 4.34. The highest BCUT2D eigenvalue weighted by Crippen LogP contribution is 2.27. The third kappa shape index (κ3) is 1.92. The van der Waals surface area contributed by atoms with Crippen molar-refractivity contribution in [2.75, 3.05) is 0 Å². The number of aromatic nitrogens is 5. The topological polar surface area (TPSA) is 93.6 Å². The Morgan fingerprint density at radius 3 is 2.74 bits per heavy atom. The summed E-state index contributed by atoms with van der Waals surface area (Å²) >= 11 is 0. The van der Waals surface area contributed by atoms with Crippen LogP contribution in [0.15, 0.2) is 15.1 Å². The van der Waals surface area contributed by atoms with Crippen LogP contribution in [-0.4, -0.2) is 25.5 Å². The quantitative estimate of drug-likeness (QED) is 0.775. The van der Waals surface area contributed by atoms with Crippen LogP contribution >= 0.6 is 0 Å². The molecule has 19 heavy (non-hydrogen) atoms. The largest absolute Gasteiger partial charge is 0.361 e. The molecule has 7 heteroatoms. The van der Waals surface area contributed by atoms with Gasteiger partial charge < -0.3 is 9.05 Å². The molecule has 0 unspecified atom stereocenters. The van der Waals surface area contributed by atoms with Gasteiger partial charge in [-0.1, -0.05) is 17.2 Å². The molecular weight excluding hydrogens is 246 g/mol. The highest BCUT2D eigenvalue weighted by atomic mass is 16.5. The van der Waals surface area contributed by atoms with Crippen molar-refractivity contribution >= 4 is 0 Å². The van der Waals surface area contributed by atoms with Gasteiger partial charge in [0, 0.05) is 5.69 Å². The summed E-state index contributed by atoms with van der Waals surface area (Å²) in [5.41, 5.74) is 3.18. The Balaban J connectivity index is 2.03. The zero-order chi connectivity index (χ0) is 13.4. The van der Waals surface area contributed by atoms with E-state index >= 15 is 0 Å². The molecule has 0 amide bonds. The van der Waals surface area contributed by atoms with Gasteiger partial charge in [0.1, 0.15) is 5.76 Å². The maximum atomic E-state index is 5.23.